The van der Waals surface area contributed by atoms with Crippen LogP contribution in [0.1, 0.15) is 46.5 Å². The van der Waals surface area contributed by atoms with Gasteiger partial charge < -0.3 is 14.2 Å². The molecule has 0 radical (unpaired) electrons. The van der Waals surface area contributed by atoms with Gasteiger partial charge in [-0.05, 0) is 33.1 Å². The van der Waals surface area contributed by atoms with E-state index in [9.17, 15) is 4.79 Å². The van der Waals surface area contributed by atoms with Crippen molar-refractivity contribution in [3.05, 3.63) is 0 Å². The zero-order valence-electron chi connectivity index (χ0n) is 11.8. The molecule has 0 spiro atoms. The molecule has 0 unspecified atom stereocenters. The van der Waals surface area contributed by atoms with E-state index in [0.717, 1.165) is 25.7 Å². The fourth-order valence-corrected chi connectivity index (χ4v) is 4.10. The molecule has 4 heteroatoms. The van der Waals surface area contributed by atoms with Gasteiger partial charge in [0.25, 0.3) is 0 Å². The molecule has 3 aliphatic heterocycles. The third-order valence-corrected chi connectivity index (χ3v) is 5.83. The monoisotopic (exact) mass is 266 g/mol. The van der Waals surface area contributed by atoms with Crippen molar-refractivity contribution in [2.24, 2.45) is 11.8 Å². The summed E-state index contributed by atoms with van der Waals surface area (Å²) in [5, 5.41) is 0. The maximum atomic E-state index is 11.9. The Bertz CT molecular complexity index is 436. The van der Waals surface area contributed by atoms with Gasteiger partial charge >= 0.3 is 5.97 Å². The standard InChI is InChI=1S/C15H22O4/c1-8-9-6-12-14(2,19-12)5-4-11-15(3,18-11)7-10(9)17-13(8)16/h8-12H,4-7H2,1-3H3/t8-,9-,10+,11-,12+,14-,15+/m1/s1. The third kappa shape index (κ3) is 1.76. The molecule has 106 valence electrons. The quantitative estimate of drug-likeness (QED) is 0.497. The zero-order valence-corrected chi connectivity index (χ0v) is 11.8. The summed E-state index contributed by atoms with van der Waals surface area (Å²) in [7, 11) is 0. The smallest absolute Gasteiger partial charge is 0.309 e. The summed E-state index contributed by atoms with van der Waals surface area (Å²) in [4.78, 5) is 11.9. The van der Waals surface area contributed by atoms with Crippen molar-refractivity contribution in [1.82, 2.24) is 0 Å². The zero-order chi connectivity index (χ0) is 13.4. The number of fused-ring (bicyclic) bond motifs is 3. The summed E-state index contributed by atoms with van der Waals surface area (Å²) in [5.41, 5.74) is -0.0640. The van der Waals surface area contributed by atoms with Gasteiger partial charge in [0.05, 0.1) is 29.3 Å². The molecule has 19 heavy (non-hydrogen) atoms. The van der Waals surface area contributed by atoms with Crippen LogP contribution < -0.4 is 0 Å². The van der Waals surface area contributed by atoms with Crippen LogP contribution in [0.25, 0.3) is 0 Å². The lowest BCUT2D eigenvalue weighted by Crippen LogP contribution is -2.30. The van der Waals surface area contributed by atoms with Crippen molar-refractivity contribution >= 4 is 5.97 Å². The van der Waals surface area contributed by atoms with Crippen LogP contribution in [0, 0.1) is 11.8 Å². The van der Waals surface area contributed by atoms with E-state index in [1.807, 2.05) is 6.92 Å². The summed E-state index contributed by atoms with van der Waals surface area (Å²) < 4.78 is 17.4. The second-order valence-electron chi connectivity index (χ2n) is 7.24. The number of carbonyl (C=O) groups is 1. The number of hydrogen-bond donors (Lipinski definition) is 0. The summed E-state index contributed by atoms with van der Waals surface area (Å²) in [5.74, 6) is 0.246. The van der Waals surface area contributed by atoms with E-state index in [1.165, 1.54) is 0 Å². The van der Waals surface area contributed by atoms with Gasteiger partial charge in [-0.25, -0.2) is 0 Å². The molecule has 4 aliphatic rings. The highest BCUT2D eigenvalue weighted by Crippen LogP contribution is 2.54. The van der Waals surface area contributed by atoms with Crippen LogP contribution in [-0.2, 0) is 19.0 Å². The molecule has 0 amide bonds. The Morgan fingerprint density at radius 2 is 1.89 bits per heavy atom. The summed E-state index contributed by atoms with van der Waals surface area (Å²) in [6.45, 7) is 6.34. The van der Waals surface area contributed by atoms with Gasteiger partial charge in [-0.2, -0.15) is 0 Å². The van der Waals surface area contributed by atoms with E-state index >= 15 is 0 Å². The van der Waals surface area contributed by atoms with E-state index in [0.29, 0.717) is 18.1 Å². The summed E-state index contributed by atoms with van der Waals surface area (Å²) >= 11 is 0. The topological polar surface area (TPSA) is 51.4 Å². The first-order chi connectivity index (χ1) is 8.91. The van der Waals surface area contributed by atoms with Crippen LogP contribution >= 0.6 is 0 Å². The van der Waals surface area contributed by atoms with Crippen LogP contribution in [0.15, 0.2) is 0 Å². The predicted molar refractivity (Wildman–Crippen MR) is 67.6 cm³/mol. The van der Waals surface area contributed by atoms with Crippen molar-refractivity contribution in [2.45, 2.75) is 76.0 Å². The second-order valence-corrected chi connectivity index (χ2v) is 7.24. The Kier molecular flexibility index (Phi) is 2.26. The number of hydrogen-bond acceptors (Lipinski definition) is 4. The molecule has 3 heterocycles. The van der Waals surface area contributed by atoms with Crippen molar-refractivity contribution in [3.8, 4) is 0 Å². The minimum absolute atomic E-state index is 0.00123. The van der Waals surface area contributed by atoms with Gasteiger partial charge in [0.1, 0.15) is 6.10 Å². The maximum Gasteiger partial charge on any atom is 0.309 e. The average molecular weight is 266 g/mol. The SMILES string of the molecule is C[C@H]1C(=O)O[C@H]2C[C@]3(C)O[C@@H]3CC[C@@]3(C)O[C@H]3C[C@@H]21. The molecule has 0 aromatic carbocycles. The second kappa shape index (κ2) is 3.53. The van der Waals surface area contributed by atoms with Gasteiger partial charge in [0.2, 0.25) is 0 Å². The molecule has 0 aromatic rings. The van der Waals surface area contributed by atoms with Crippen LogP contribution in [0.3, 0.4) is 0 Å². The molecule has 3 saturated heterocycles. The molecule has 1 aliphatic carbocycles. The normalized spacial score (nSPS) is 59.5. The molecule has 4 nitrogen and oxygen atoms in total. The summed E-state index contributed by atoms with van der Waals surface area (Å²) in [6, 6.07) is 0. The predicted octanol–water partition coefficient (Wildman–Crippen LogP) is 2.05. The molecule has 0 aromatic heterocycles. The molecule has 1 saturated carbocycles. The van der Waals surface area contributed by atoms with Crippen LogP contribution in [-0.4, -0.2) is 35.5 Å². The van der Waals surface area contributed by atoms with E-state index in [4.69, 9.17) is 14.2 Å². The Morgan fingerprint density at radius 3 is 2.68 bits per heavy atom. The molecule has 0 N–H and O–H groups in total. The fraction of sp³-hybridized carbons (Fsp3) is 0.933. The summed E-state index contributed by atoms with van der Waals surface area (Å²) in [6.07, 6.45) is 4.58. The van der Waals surface area contributed by atoms with Crippen LogP contribution in [0.4, 0.5) is 0 Å². The maximum absolute atomic E-state index is 11.9. The van der Waals surface area contributed by atoms with Gasteiger partial charge in [0.15, 0.2) is 0 Å². The lowest BCUT2D eigenvalue weighted by molar-refractivity contribution is -0.144. The van der Waals surface area contributed by atoms with Crippen molar-refractivity contribution < 1.29 is 19.0 Å². The Labute approximate surface area is 113 Å². The van der Waals surface area contributed by atoms with Crippen LogP contribution in [0.2, 0.25) is 0 Å². The number of ether oxygens (including phenoxy) is 3. The average Bonchev–Trinajstić information content (AvgIpc) is 3.15. The number of carbonyl (C=O) groups excluding carboxylic acids is 1. The largest absolute Gasteiger partial charge is 0.462 e. The van der Waals surface area contributed by atoms with Gasteiger partial charge in [-0.1, -0.05) is 6.92 Å². The van der Waals surface area contributed by atoms with E-state index in [-0.39, 0.29) is 29.2 Å². The number of rotatable bonds is 0. The molecule has 4 rings (SSSR count). The highest BCUT2D eigenvalue weighted by Gasteiger charge is 2.62. The first-order valence-corrected chi connectivity index (χ1v) is 7.47. The lowest BCUT2D eigenvalue weighted by Gasteiger charge is -2.22. The lowest BCUT2D eigenvalue weighted by atomic mass is 9.79. The van der Waals surface area contributed by atoms with Crippen LogP contribution in [0.5, 0.6) is 0 Å². The van der Waals surface area contributed by atoms with E-state index in [2.05, 4.69) is 13.8 Å². The highest BCUT2D eigenvalue weighted by molar-refractivity contribution is 5.74. The number of epoxide rings is 2. The molecular formula is C15H22O4. The molecule has 4 fully saturated rings. The third-order valence-electron chi connectivity index (χ3n) is 5.83. The minimum atomic E-state index is -0.0780. The Balaban J connectivity index is 1.60. The molecular weight excluding hydrogens is 244 g/mol. The number of esters is 1. The van der Waals surface area contributed by atoms with E-state index < -0.39 is 0 Å². The molecule has 7 atom stereocenters. The van der Waals surface area contributed by atoms with Crippen molar-refractivity contribution in [1.29, 1.82) is 0 Å². The highest BCUT2D eigenvalue weighted by atomic mass is 16.6. The van der Waals surface area contributed by atoms with Crippen molar-refractivity contribution in [3.63, 3.8) is 0 Å². The van der Waals surface area contributed by atoms with E-state index in [1.54, 1.807) is 0 Å². The minimum Gasteiger partial charge on any atom is -0.462 e. The van der Waals surface area contributed by atoms with Gasteiger partial charge in [0, 0.05) is 12.3 Å². The Hall–Kier alpha value is -0.610. The Morgan fingerprint density at radius 1 is 1.16 bits per heavy atom. The fourth-order valence-electron chi connectivity index (χ4n) is 4.10. The first-order valence-electron chi connectivity index (χ1n) is 7.47. The first kappa shape index (κ1) is 12.2. The van der Waals surface area contributed by atoms with Crippen molar-refractivity contribution in [2.75, 3.05) is 0 Å². The molecule has 0 bridgehead atoms. The van der Waals surface area contributed by atoms with Gasteiger partial charge in [-0.3, -0.25) is 4.79 Å². The van der Waals surface area contributed by atoms with Gasteiger partial charge in [-0.15, -0.1) is 0 Å².